The number of nitrogens with one attached hydrogen (secondary N) is 2. The third-order valence-electron chi connectivity index (χ3n) is 3.83. The van der Waals surface area contributed by atoms with Crippen LogP contribution in [0.15, 0.2) is 59.9 Å². The van der Waals surface area contributed by atoms with E-state index in [0.29, 0.717) is 16.8 Å². The van der Waals surface area contributed by atoms with Crippen LogP contribution in [0.4, 0.5) is 5.69 Å². The van der Waals surface area contributed by atoms with Crippen molar-refractivity contribution in [3.8, 4) is 11.3 Å². The molecule has 0 aliphatic carbocycles. The number of imidazole rings is 1. The smallest absolute Gasteiger partial charge is 0.255 e. The van der Waals surface area contributed by atoms with Gasteiger partial charge in [0.1, 0.15) is 0 Å². The quantitative estimate of drug-likeness (QED) is 0.752. The fourth-order valence-electron chi connectivity index (χ4n) is 2.42. The normalized spacial score (nSPS) is 11.3. The molecule has 0 radical (unpaired) electrons. The molecule has 0 spiro atoms. The van der Waals surface area contributed by atoms with Gasteiger partial charge in [-0.05, 0) is 42.3 Å². The fourth-order valence-corrected chi connectivity index (χ4v) is 3.07. The summed E-state index contributed by atoms with van der Waals surface area (Å²) in [5.41, 5.74) is 3.50. The first-order chi connectivity index (χ1) is 11.8. The second kappa shape index (κ2) is 6.52. The predicted molar refractivity (Wildman–Crippen MR) is 96.3 cm³/mol. The van der Waals surface area contributed by atoms with E-state index in [1.807, 2.05) is 12.1 Å². The molecule has 0 aliphatic heterocycles. The maximum atomic E-state index is 12.5. The van der Waals surface area contributed by atoms with Crippen LogP contribution in [-0.2, 0) is 9.84 Å². The Bertz CT molecular complexity index is 1010. The molecule has 1 amide bonds. The number of sulfone groups is 1. The molecule has 0 fully saturated rings. The maximum Gasteiger partial charge on any atom is 0.255 e. The molecule has 0 atom stereocenters. The number of aromatic nitrogens is 2. The third-order valence-corrected chi connectivity index (χ3v) is 4.94. The second-order valence-corrected chi connectivity index (χ2v) is 7.76. The Balaban J connectivity index is 1.83. The van der Waals surface area contributed by atoms with Crippen LogP contribution < -0.4 is 5.32 Å². The first-order valence-corrected chi connectivity index (χ1v) is 9.44. The summed E-state index contributed by atoms with van der Waals surface area (Å²) in [5.74, 6) is -0.350. The minimum atomic E-state index is -3.37. The van der Waals surface area contributed by atoms with Gasteiger partial charge >= 0.3 is 0 Å². The number of rotatable bonds is 4. The van der Waals surface area contributed by atoms with E-state index < -0.39 is 9.84 Å². The van der Waals surface area contributed by atoms with Crippen LogP contribution in [-0.4, -0.2) is 30.5 Å². The van der Waals surface area contributed by atoms with Gasteiger partial charge in [-0.3, -0.25) is 4.79 Å². The van der Waals surface area contributed by atoms with Crippen molar-refractivity contribution < 1.29 is 13.2 Å². The minimum absolute atomic E-state index is 0.123. The Morgan fingerprint density at radius 2 is 1.84 bits per heavy atom. The number of benzene rings is 2. The van der Waals surface area contributed by atoms with E-state index in [4.69, 9.17) is 0 Å². The summed E-state index contributed by atoms with van der Waals surface area (Å²) in [6.45, 7) is 1.77. The second-order valence-electron chi connectivity index (χ2n) is 5.75. The van der Waals surface area contributed by atoms with Gasteiger partial charge in [-0.25, -0.2) is 13.4 Å². The third kappa shape index (κ3) is 3.77. The van der Waals surface area contributed by atoms with E-state index in [1.165, 1.54) is 12.1 Å². The van der Waals surface area contributed by atoms with Gasteiger partial charge in [0.2, 0.25) is 0 Å². The summed E-state index contributed by atoms with van der Waals surface area (Å²) in [6, 6.07) is 11.8. The summed E-state index contributed by atoms with van der Waals surface area (Å²) in [5, 5.41) is 2.79. The van der Waals surface area contributed by atoms with Crippen LogP contribution in [0, 0.1) is 6.92 Å². The number of hydrogen-bond donors (Lipinski definition) is 2. The highest BCUT2D eigenvalue weighted by Gasteiger charge is 2.14. The summed E-state index contributed by atoms with van der Waals surface area (Å²) in [6.07, 6.45) is 4.43. The molecular weight excluding hydrogens is 338 g/mol. The van der Waals surface area contributed by atoms with Crippen molar-refractivity contribution in [3.63, 3.8) is 0 Å². The van der Waals surface area contributed by atoms with Gasteiger partial charge in [0.15, 0.2) is 9.84 Å². The van der Waals surface area contributed by atoms with Gasteiger partial charge < -0.3 is 10.3 Å². The topological polar surface area (TPSA) is 91.9 Å². The molecule has 0 unspecified atom stereocenters. The lowest BCUT2D eigenvalue weighted by Crippen LogP contribution is -2.14. The van der Waals surface area contributed by atoms with Gasteiger partial charge in [-0.15, -0.1) is 0 Å². The Morgan fingerprint density at radius 3 is 2.44 bits per heavy atom. The molecule has 0 saturated heterocycles. The average Bonchev–Trinajstić information content (AvgIpc) is 3.09. The molecule has 1 heterocycles. The fraction of sp³-hybridized carbons (Fsp3) is 0.111. The Hall–Kier alpha value is -2.93. The largest absolute Gasteiger partial charge is 0.345 e. The minimum Gasteiger partial charge on any atom is -0.345 e. The Kier molecular flexibility index (Phi) is 4.41. The number of aryl methyl sites for hydroxylation is 1. The first-order valence-electron chi connectivity index (χ1n) is 7.55. The van der Waals surface area contributed by atoms with Crippen LogP contribution in [0.2, 0.25) is 0 Å². The van der Waals surface area contributed by atoms with Crippen LogP contribution in [0.5, 0.6) is 0 Å². The molecular formula is C18H17N3O3S. The molecule has 25 heavy (non-hydrogen) atoms. The number of carbonyl (C=O) groups excluding carboxylic acids is 1. The maximum absolute atomic E-state index is 12.5. The predicted octanol–water partition coefficient (Wildman–Crippen LogP) is 3.04. The standard InChI is InChI=1S/C18H17N3O3S/c1-12-3-8-15(25(2,23)24)9-16(12)18(22)21-14-6-4-13(5-7-14)17-10-19-11-20-17/h3-11H,1-2H3,(H,19,20)(H,21,22). The Labute approximate surface area is 145 Å². The van der Waals surface area contributed by atoms with Crippen LogP contribution in [0.1, 0.15) is 15.9 Å². The lowest BCUT2D eigenvalue weighted by atomic mass is 10.1. The van der Waals surface area contributed by atoms with Crippen LogP contribution in [0.25, 0.3) is 11.3 Å². The molecule has 0 aliphatic rings. The van der Waals surface area contributed by atoms with E-state index >= 15 is 0 Å². The van der Waals surface area contributed by atoms with Crippen LogP contribution in [0.3, 0.4) is 0 Å². The van der Waals surface area contributed by atoms with E-state index in [0.717, 1.165) is 17.5 Å². The zero-order chi connectivity index (χ0) is 18.0. The molecule has 2 N–H and O–H groups in total. The van der Waals surface area contributed by atoms with E-state index in [9.17, 15) is 13.2 Å². The Morgan fingerprint density at radius 1 is 1.12 bits per heavy atom. The van der Waals surface area contributed by atoms with E-state index in [1.54, 1.807) is 37.6 Å². The monoisotopic (exact) mass is 355 g/mol. The van der Waals surface area contributed by atoms with Crippen molar-refractivity contribution in [2.45, 2.75) is 11.8 Å². The molecule has 0 bridgehead atoms. The van der Waals surface area contributed by atoms with E-state index in [-0.39, 0.29) is 10.8 Å². The SMILES string of the molecule is Cc1ccc(S(C)(=O)=O)cc1C(=O)Nc1ccc(-c2cnc[nH]2)cc1. The van der Waals surface area contributed by atoms with Gasteiger partial charge in [0.05, 0.1) is 23.1 Å². The lowest BCUT2D eigenvalue weighted by Gasteiger charge is -2.10. The summed E-state index contributed by atoms with van der Waals surface area (Å²) in [4.78, 5) is 19.6. The number of carbonyl (C=O) groups is 1. The average molecular weight is 355 g/mol. The number of anilines is 1. The van der Waals surface area contributed by atoms with Gasteiger partial charge in [0.25, 0.3) is 5.91 Å². The number of aromatic amines is 1. The number of amides is 1. The van der Waals surface area contributed by atoms with Crippen LogP contribution >= 0.6 is 0 Å². The highest BCUT2D eigenvalue weighted by Crippen LogP contribution is 2.21. The first kappa shape index (κ1) is 16.9. The highest BCUT2D eigenvalue weighted by atomic mass is 32.2. The van der Waals surface area contributed by atoms with Gasteiger partial charge in [0, 0.05) is 17.5 Å². The summed E-state index contributed by atoms with van der Waals surface area (Å²) in [7, 11) is -3.37. The molecule has 1 aromatic heterocycles. The van der Waals surface area contributed by atoms with Crippen molar-refractivity contribution >= 4 is 21.4 Å². The van der Waals surface area contributed by atoms with Gasteiger partial charge in [-0.1, -0.05) is 18.2 Å². The van der Waals surface area contributed by atoms with Crippen molar-refractivity contribution in [2.75, 3.05) is 11.6 Å². The molecule has 7 heteroatoms. The van der Waals surface area contributed by atoms with Crippen molar-refractivity contribution in [1.29, 1.82) is 0 Å². The van der Waals surface area contributed by atoms with E-state index in [2.05, 4.69) is 15.3 Å². The highest BCUT2D eigenvalue weighted by molar-refractivity contribution is 7.90. The van der Waals surface area contributed by atoms with Crippen molar-refractivity contribution in [3.05, 3.63) is 66.1 Å². The zero-order valence-corrected chi connectivity index (χ0v) is 14.6. The number of nitrogens with zero attached hydrogens (tertiary/aromatic N) is 1. The van der Waals surface area contributed by atoms with Gasteiger partial charge in [-0.2, -0.15) is 0 Å². The number of H-pyrrole nitrogens is 1. The molecule has 3 rings (SSSR count). The lowest BCUT2D eigenvalue weighted by molar-refractivity contribution is 0.102. The molecule has 3 aromatic rings. The molecule has 128 valence electrons. The summed E-state index contributed by atoms with van der Waals surface area (Å²) < 4.78 is 23.4. The van der Waals surface area contributed by atoms with Crippen molar-refractivity contribution in [2.24, 2.45) is 0 Å². The summed E-state index contributed by atoms with van der Waals surface area (Å²) >= 11 is 0. The number of hydrogen-bond acceptors (Lipinski definition) is 4. The molecule has 2 aromatic carbocycles. The van der Waals surface area contributed by atoms with Crippen molar-refractivity contribution in [1.82, 2.24) is 9.97 Å². The zero-order valence-electron chi connectivity index (χ0n) is 13.8. The molecule has 6 nitrogen and oxygen atoms in total. The molecule has 0 saturated carbocycles.